The fourth-order valence-corrected chi connectivity index (χ4v) is 2.67. The van der Waals surface area contributed by atoms with Gasteiger partial charge in [-0.25, -0.2) is 0 Å². The molecule has 1 N–H and O–H groups in total. The van der Waals surface area contributed by atoms with Crippen molar-refractivity contribution in [2.75, 3.05) is 27.3 Å². The van der Waals surface area contributed by atoms with E-state index in [2.05, 4.69) is 5.32 Å². The number of rotatable bonds is 4. The lowest BCUT2D eigenvalue weighted by Gasteiger charge is -2.37. The molecule has 0 aliphatic carbocycles. The third-order valence-electron chi connectivity index (χ3n) is 3.75. The lowest BCUT2D eigenvalue weighted by molar-refractivity contribution is -0.129. The molecule has 2 rings (SSSR count). The largest absolute Gasteiger partial charge is 0.497 e. The lowest BCUT2D eigenvalue weighted by Crippen LogP contribution is -2.59. The van der Waals surface area contributed by atoms with Crippen LogP contribution < -0.4 is 14.8 Å². The van der Waals surface area contributed by atoms with Gasteiger partial charge >= 0.3 is 0 Å². The van der Waals surface area contributed by atoms with Crippen molar-refractivity contribution in [1.82, 2.24) is 10.2 Å². The second-order valence-electron chi connectivity index (χ2n) is 5.58. The maximum Gasteiger partial charge on any atom is 0.254 e. The van der Waals surface area contributed by atoms with Crippen molar-refractivity contribution < 1.29 is 19.1 Å². The molecule has 2 amide bonds. The first-order chi connectivity index (χ1) is 10.5. The van der Waals surface area contributed by atoms with E-state index in [0.717, 1.165) is 0 Å². The van der Waals surface area contributed by atoms with Crippen LogP contribution in [0.3, 0.4) is 0 Å². The van der Waals surface area contributed by atoms with E-state index in [9.17, 15) is 9.59 Å². The van der Waals surface area contributed by atoms with Gasteiger partial charge in [0, 0.05) is 24.7 Å². The highest BCUT2D eigenvalue weighted by Crippen LogP contribution is 2.25. The summed E-state index contributed by atoms with van der Waals surface area (Å²) in [4.78, 5) is 26.5. The molecular weight excluding hydrogens is 284 g/mol. The van der Waals surface area contributed by atoms with Gasteiger partial charge in [-0.15, -0.1) is 0 Å². The Morgan fingerprint density at radius 1 is 1.23 bits per heavy atom. The number of nitrogens with zero attached hydrogens (tertiary/aromatic N) is 1. The van der Waals surface area contributed by atoms with Crippen LogP contribution in [0.25, 0.3) is 0 Å². The molecule has 0 bridgehead atoms. The first-order valence-electron chi connectivity index (χ1n) is 7.29. The molecule has 1 aromatic rings. The van der Waals surface area contributed by atoms with E-state index >= 15 is 0 Å². The van der Waals surface area contributed by atoms with Gasteiger partial charge in [-0.05, 0) is 18.1 Å². The number of hydrogen-bond donors (Lipinski definition) is 1. The molecule has 1 heterocycles. The van der Waals surface area contributed by atoms with Crippen LogP contribution in [0.2, 0.25) is 0 Å². The number of piperazine rings is 1. The Morgan fingerprint density at radius 2 is 1.82 bits per heavy atom. The third kappa shape index (κ3) is 3.16. The number of benzene rings is 1. The molecule has 1 atom stereocenters. The standard InChI is InChI=1S/C16H22N2O4/c1-10(2)14-15(19)17-5-6-18(14)16(20)11-7-12(21-3)9-13(8-11)22-4/h7-10,14H,5-6H2,1-4H3,(H,17,19). The van der Waals surface area contributed by atoms with Gasteiger partial charge in [0.25, 0.3) is 5.91 Å². The zero-order chi connectivity index (χ0) is 16.3. The summed E-state index contributed by atoms with van der Waals surface area (Å²) in [6, 6.07) is 4.57. The summed E-state index contributed by atoms with van der Waals surface area (Å²) in [5.74, 6) is 0.836. The van der Waals surface area contributed by atoms with E-state index < -0.39 is 6.04 Å². The molecular formula is C16H22N2O4. The molecule has 22 heavy (non-hydrogen) atoms. The van der Waals surface area contributed by atoms with Gasteiger partial charge in [0.05, 0.1) is 14.2 Å². The number of hydrogen-bond acceptors (Lipinski definition) is 4. The predicted octanol–water partition coefficient (Wildman–Crippen LogP) is 1.30. The van der Waals surface area contributed by atoms with E-state index in [0.29, 0.717) is 30.2 Å². The SMILES string of the molecule is COc1cc(OC)cc(C(=O)N2CCNC(=O)C2C(C)C)c1. The molecule has 1 unspecified atom stereocenters. The summed E-state index contributed by atoms with van der Waals surface area (Å²) in [7, 11) is 3.07. The molecule has 120 valence electrons. The first kappa shape index (κ1) is 16.1. The molecule has 1 aromatic carbocycles. The highest BCUT2D eigenvalue weighted by molar-refractivity contribution is 5.99. The lowest BCUT2D eigenvalue weighted by atomic mass is 9.98. The van der Waals surface area contributed by atoms with Crippen LogP contribution in [0.5, 0.6) is 11.5 Å². The van der Waals surface area contributed by atoms with Gasteiger partial charge in [-0.1, -0.05) is 13.8 Å². The summed E-state index contributed by atoms with van der Waals surface area (Å²) in [5.41, 5.74) is 0.455. The van der Waals surface area contributed by atoms with Gasteiger partial charge in [0.15, 0.2) is 0 Å². The summed E-state index contributed by atoms with van der Waals surface area (Å²) in [5, 5.41) is 2.81. The van der Waals surface area contributed by atoms with Crippen LogP contribution in [0, 0.1) is 5.92 Å². The molecule has 0 saturated carbocycles. The Hall–Kier alpha value is -2.24. The Balaban J connectivity index is 2.35. The van der Waals surface area contributed by atoms with Crippen molar-refractivity contribution in [3.05, 3.63) is 23.8 Å². The number of nitrogens with one attached hydrogen (secondary N) is 1. The number of carbonyl (C=O) groups excluding carboxylic acids is 2. The molecule has 0 spiro atoms. The van der Waals surface area contributed by atoms with Crippen molar-refractivity contribution >= 4 is 11.8 Å². The van der Waals surface area contributed by atoms with Crippen molar-refractivity contribution in [2.45, 2.75) is 19.9 Å². The van der Waals surface area contributed by atoms with Crippen LogP contribution in [-0.4, -0.2) is 50.1 Å². The van der Waals surface area contributed by atoms with E-state index in [1.54, 1.807) is 23.1 Å². The minimum Gasteiger partial charge on any atom is -0.497 e. The molecule has 6 heteroatoms. The Labute approximate surface area is 130 Å². The van der Waals surface area contributed by atoms with Crippen molar-refractivity contribution in [3.63, 3.8) is 0 Å². The van der Waals surface area contributed by atoms with E-state index in [-0.39, 0.29) is 17.7 Å². The van der Waals surface area contributed by atoms with Crippen LogP contribution in [-0.2, 0) is 4.79 Å². The van der Waals surface area contributed by atoms with E-state index in [1.807, 2.05) is 13.8 Å². The zero-order valence-electron chi connectivity index (χ0n) is 13.4. The average Bonchev–Trinajstić information content (AvgIpc) is 2.52. The smallest absolute Gasteiger partial charge is 0.254 e. The highest BCUT2D eigenvalue weighted by atomic mass is 16.5. The Kier molecular flexibility index (Phi) is 4.90. The van der Waals surface area contributed by atoms with Crippen LogP contribution >= 0.6 is 0 Å². The quantitative estimate of drug-likeness (QED) is 0.910. The maximum absolute atomic E-state index is 12.8. The topological polar surface area (TPSA) is 67.9 Å². The molecule has 1 saturated heterocycles. The molecule has 0 aromatic heterocycles. The molecule has 1 aliphatic heterocycles. The maximum atomic E-state index is 12.8. The van der Waals surface area contributed by atoms with E-state index in [4.69, 9.17) is 9.47 Å². The zero-order valence-corrected chi connectivity index (χ0v) is 13.4. The summed E-state index contributed by atoms with van der Waals surface area (Å²) in [6.45, 7) is 4.83. The summed E-state index contributed by atoms with van der Waals surface area (Å²) >= 11 is 0. The monoisotopic (exact) mass is 306 g/mol. The number of methoxy groups -OCH3 is 2. The molecule has 6 nitrogen and oxygen atoms in total. The highest BCUT2D eigenvalue weighted by Gasteiger charge is 2.35. The normalized spacial score (nSPS) is 18.1. The van der Waals surface area contributed by atoms with Gasteiger partial charge in [0.1, 0.15) is 17.5 Å². The second kappa shape index (κ2) is 6.68. The third-order valence-corrected chi connectivity index (χ3v) is 3.75. The van der Waals surface area contributed by atoms with Crippen molar-refractivity contribution in [1.29, 1.82) is 0 Å². The van der Waals surface area contributed by atoms with Gasteiger partial charge in [-0.3, -0.25) is 9.59 Å². The number of carbonyl (C=O) groups is 2. The number of amides is 2. The van der Waals surface area contributed by atoms with Crippen LogP contribution in [0.1, 0.15) is 24.2 Å². The van der Waals surface area contributed by atoms with Crippen molar-refractivity contribution in [3.8, 4) is 11.5 Å². The fraction of sp³-hybridized carbons (Fsp3) is 0.500. The molecule has 1 aliphatic rings. The van der Waals surface area contributed by atoms with Crippen LogP contribution in [0.4, 0.5) is 0 Å². The predicted molar refractivity (Wildman–Crippen MR) is 82.2 cm³/mol. The minimum absolute atomic E-state index is 0.0387. The Morgan fingerprint density at radius 3 is 2.32 bits per heavy atom. The van der Waals surface area contributed by atoms with Gasteiger partial charge < -0.3 is 19.7 Å². The summed E-state index contributed by atoms with van der Waals surface area (Å²) in [6.07, 6.45) is 0. The van der Waals surface area contributed by atoms with Crippen LogP contribution in [0.15, 0.2) is 18.2 Å². The molecule has 0 radical (unpaired) electrons. The van der Waals surface area contributed by atoms with Gasteiger partial charge in [0.2, 0.25) is 5.91 Å². The van der Waals surface area contributed by atoms with E-state index in [1.165, 1.54) is 14.2 Å². The molecule has 1 fully saturated rings. The average molecular weight is 306 g/mol. The first-order valence-corrected chi connectivity index (χ1v) is 7.29. The van der Waals surface area contributed by atoms with Gasteiger partial charge in [-0.2, -0.15) is 0 Å². The minimum atomic E-state index is -0.460. The number of ether oxygens (including phenoxy) is 2. The second-order valence-corrected chi connectivity index (χ2v) is 5.58. The fourth-order valence-electron chi connectivity index (χ4n) is 2.67. The summed E-state index contributed by atoms with van der Waals surface area (Å²) < 4.78 is 10.4. The Bertz CT molecular complexity index is 549. The van der Waals surface area contributed by atoms with Crippen molar-refractivity contribution in [2.24, 2.45) is 5.92 Å².